The van der Waals surface area contributed by atoms with Crippen molar-refractivity contribution in [3.05, 3.63) is 23.9 Å². The van der Waals surface area contributed by atoms with Crippen LogP contribution in [-0.2, 0) is 0 Å². The highest BCUT2D eigenvalue weighted by Gasteiger charge is 2.00. The van der Waals surface area contributed by atoms with Gasteiger partial charge in [0.25, 0.3) is 0 Å². The fourth-order valence-corrected chi connectivity index (χ4v) is 0.821. The normalized spacial score (nSPS) is 17.4. The van der Waals surface area contributed by atoms with Gasteiger partial charge < -0.3 is 5.32 Å². The highest BCUT2D eigenvalue weighted by atomic mass is 14.9. The van der Waals surface area contributed by atoms with Crippen LogP contribution in [0.4, 0.5) is 0 Å². The van der Waals surface area contributed by atoms with Crippen molar-refractivity contribution in [1.29, 1.82) is 0 Å². The van der Waals surface area contributed by atoms with Crippen LogP contribution in [0.1, 0.15) is 13.3 Å². The molecule has 1 aliphatic heterocycles. The van der Waals surface area contributed by atoms with Gasteiger partial charge >= 0.3 is 0 Å². The molecule has 0 amide bonds. The Hall–Kier alpha value is -0.720. The average molecular weight is 109 g/mol. The molecule has 0 bridgehead atoms. The molecule has 1 heteroatoms. The van der Waals surface area contributed by atoms with Crippen LogP contribution in [0.5, 0.6) is 0 Å². The third kappa shape index (κ3) is 0.915. The molecule has 1 rings (SSSR count). The third-order valence-corrected chi connectivity index (χ3v) is 1.27. The average Bonchev–Trinajstić information content (AvgIpc) is 2.12. The second kappa shape index (κ2) is 2.03. The van der Waals surface area contributed by atoms with Gasteiger partial charge in [0, 0.05) is 12.2 Å². The van der Waals surface area contributed by atoms with Crippen molar-refractivity contribution in [2.45, 2.75) is 13.3 Å². The van der Waals surface area contributed by atoms with Crippen LogP contribution in [0.3, 0.4) is 0 Å². The molecule has 0 aromatic heterocycles. The van der Waals surface area contributed by atoms with Gasteiger partial charge in [-0.15, -0.1) is 0 Å². The number of nitrogens with one attached hydrogen (secondary N) is 1. The van der Waals surface area contributed by atoms with Crippen molar-refractivity contribution >= 4 is 0 Å². The quantitative estimate of drug-likeness (QED) is 0.537. The summed E-state index contributed by atoms with van der Waals surface area (Å²) in [6.45, 7) is 6.91. The Balaban J connectivity index is 2.57. The molecule has 0 unspecified atom stereocenters. The Morgan fingerprint density at radius 1 is 1.88 bits per heavy atom. The lowest BCUT2D eigenvalue weighted by molar-refractivity contribution is 0.882. The van der Waals surface area contributed by atoms with Gasteiger partial charge in [-0.25, -0.2) is 0 Å². The number of allylic oxidation sites excluding steroid dienone is 1. The van der Waals surface area contributed by atoms with Gasteiger partial charge in [0.05, 0.1) is 0 Å². The first-order chi connectivity index (χ1) is 3.80. The number of hydrogen-bond donors (Lipinski definition) is 1. The summed E-state index contributed by atoms with van der Waals surface area (Å²) in [4.78, 5) is 0. The fraction of sp³-hybridized carbons (Fsp3) is 0.429. The lowest BCUT2D eigenvalue weighted by atomic mass is 10.2. The molecule has 0 radical (unpaired) electrons. The van der Waals surface area contributed by atoms with E-state index in [2.05, 4.69) is 18.0 Å². The van der Waals surface area contributed by atoms with Crippen LogP contribution >= 0.6 is 0 Å². The zero-order valence-electron chi connectivity index (χ0n) is 5.20. The van der Waals surface area contributed by atoms with Gasteiger partial charge in [-0.05, 0) is 18.9 Å². The van der Waals surface area contributed by atoms with E-state index in [1.54, 1.807) is 0 Å². The molecule has 1 N–H and O–H groups in total. The van der Waals surface area contributed by atoms with E-state index in [1.807, 2.05) is 6.92 Å². The van der Waals surface area contributed by atoms with E-state index in [9.17, 15) is 0 Å². The molecule has 0 aliphatic carbocycles. The minimum atomic E-state index is 1.09. The summed E-state index contributed by atoms with van der Waals surface area (Å²) in [5, 5.41) is 3.22. The van der Waals surface area contributed by atoms with Gasteiger partial charge in [-0.2, -0.15) is 0 Å². The standard InChI is InChI=1S/C7H11N/c1-6(2)7-4-3-5-8-7/h4,8H,1,3,5H2,2H3. The van der Waals surface area contributed by atoms with E-state index in [1.165, 1.54) is 5.70 Å². The Bertz CT molecular complexity index is 133. The molecule has 0 aromatic rings. The van der Waals surface area contributed by atoms with Gasteiger partial charge in [0.2, 0.25) is 0 Å². The Morgan fingerprint density at radius 3 is 2.88 bits per heavy atom. The predicted octanol–water partition coefficient (Wildman–Crippen LogP) is 1.44. The van der Waals surface area contributed by atoms with Gasteiger partial charge in [0.1, 0.15) is 0 Å². The molecule has 0 aromatic carbocycles. The maximum Gasteiger partial charge on any atom is 0.0324 e. The first kappa shape index (κ1) is 5.42. The summed E-state index contributed by atoms with van der Waals surface area (Å²) in [7, 11) is 0. The SMILES string of the molecule is C=C(C)C1=CCCN1. The summed E-state index contributed by atoms with van der Waals surface area (Å²) in [6.07, 6.45) is 3.34. The van der Waals surface area contributed by atoms with Gasteiger partial charge in [0.15, 0.2) is 0 Å². The maximum atomic E-state index is 3.81. The zero-order valence-corrected chi connectivity index (χ0v) is 5.20. The summed E-state index contributed by atoms with van der Waals surface area (Å²) < 4.78 is 0. The number of rotatable bonds is 1. The first-order valence-corrected chi connectivity index (χ1v) is 2.90. The summed E-state index contributed by atoms with van der Waals surface area (Å²) in [6, 6.07) is 0. The molecule has 1 heterocycles. The van der Waals surface area contributed by atoms with E-state index in [-0.39, 0.29) is 0 Å². The molecular formula is C7H11N. The first-order valence-electron chi connectivity index (χ1n) is 2.90. The van der Waals surface area contributed by atoms with Crippen molar-refractivity contribution in [1.82, 2.24) is 5.32 Å². The third-order valence-electron chi connectivity index (χ3n) is 1.27. The van der Waals surface area contributed by atoms with E-state index in [0.717, 1.165) is 18.5 Å². The van der Waals surface area contributed by atoms with Crippen LogP contribution in [-0.4, -0.2) is 6.54 Å². The Kier molecular flexibility index (Phi) is 1.38. The molecule has 1 nitrogen and oxygen atoms in total. The maximum absolute atomic E-state index is 3.81. The fourth-order valence-electron chi connectivity index (χ4n) is 0.821. The Morgan fingerprint density at radius 2 is 2.62 bits per heavy atom. The van der Waals surface area contributed by atoms with Crippen molar-refractivity contribution in [2.24, 2.45) is 0 Å². The van der Waals surface area contributed by atoms with Crippen LogP contribution < -0.4 is 5.32 Å². The largest absolute Gasteiger partial charge is 0.385 e. The van der Waals surface area contributed by atoms with Crippen molar-refractivity contribution in [2.75, 3.05) is 6.54 Å². The smallest absolute Gasteiger partial charge is 0.0324 e. The van der Waals surface area contributed by atoms with Crippen LogP contribution in [0.25, 0.3) is 0 Å². The number of hydrogen-bond acceptors (Lipinski definition) is 1. The predicted molar refractivity (Wildman–Crippen MR) is 35.5 cm³/mol. The summed E-state index contributed by atoms with van der Waals surface area (Å²) in [5.41, 5.74) is 2.37. The lowest BCUT2D eigenvalue weighted by Crippen LogP contribution is -2.07. The summed E-state index contributed by atoms with van der Waals surface area (Å²) >= 11 is 0. The second-order valence-electron chi connectivity index (χ2n) is 2.11. The topological polar surface area (TPSA) is 12.0 Å². The molecule has 8 heavy (non-hydrogen) atoms. The van der Waals surface area contributed by atoms with E-state index in [0.29, 0.717) is 0 Å². The van der Waals surface area contributed by atoms with E-state index in [4.69, 9.17) is 0 Å². The Labute approximate surface area is 50.1 Å². The van der Waals surface area contributed by atoms with Crippen molar-refractivity contribution in [3.8, 4) is 0 Å². The monoisotopic (exact) mass is 109 g/mol. The molecule has 0 spiro atoms. The van der Waals surface area contributed by atoms with Crippen LogP contribution in [0.15, 0.2) is 23.9 Å². The van der Waals surface area contributed by atoms with E-state index >= 15 is 0 Å². The molecule has 0 atom stereocenters. The molecule has 0 saturated carbocycles. The lowest BCUT2D eigenvalue weighted by Gasteiger charge is -1.99. The summed E-state index contributed by atoms with van der Waals surface area (Å²) in [5.74, 6) is 0. The minimum Gasteiger partial charge on any atom is -0.385 e. The highest BCUT2D eigenvalue weighted by Crippen LogP contribution is 2.08. The molecule has 1 aliphatic rings. The second-order valence-corrected chi connectivity index (χ2v) is 2.11. The van der Waals surface area contributed by atoms with E-state index < -0.39 is 0 Å². The highest BCUT2D eigenvalue weighted by molar-refractivity contribution is 5.26. The zero-order chi connectivity index (χ0) is 5.98. The van der Waals surface area contributed by atoms with Gasteiger partial charge in [-0.3, -0.25) is 0 Å². The molecular weight excluding hydrogens is 98.1 g/mol. The van der Waals surface area contributed by atoms with Crippen molar-refractivity contribution < 1.29 is 0 Å². The molecule has 0 saturated heterocycles. The van der Waals surface area contributed by atoms with Crippen LogP contribution in [0, 0.1) is 0 Å². The van der Waals surface area contributed by atoms with Gasteiger partial charge in [-0.1, -0.05) is 12.7 Å². The molecule has 44 valence electrons. The van der Waals surface area contributed by atoms with Crippen molar-refractivity contribution in [3.63, 3.8) is 0 Å². The van der Waals surface area contributed by atoms with Crippen LogP contribution in [0.2, 0.25) is 0 Å². The molecule has 0 fully saturated rings. The minimum absolute atomic E-state index is 1.09.